The maximum absolute atomic E-state index is 12.4. The Balaban J connectivity index is 1.64. The normalized spacial score (nSPS) is 10.7. The number of rotatable bonds is 5. The van der Waals surface area contributed by atoms with Gasteiger partial charge in [0.1, 0.15) is 5.75 Å². The topological polar surface area (TPSA) is 63.2 Å². The highest BCUT2D eigenvalue weighted by atomic mass is 79.9. The van der Waals surface area contributed by atoms with E-state index in [0.29, 0.717) is 28.8 Å². The van der Waals surface area contributed by atoms with Crippen LogP contribution >= 0.6 is 27.5 Å². The first kappa shape index (κ1) is 21.2. The average molecular weight is 497 g/mol. The fraction of sp³-hybridized carbons (Fsp3) is 0.0833. The monoisotopic (exact) mass is 495 g/mol. The smallest absolute Gasteiger partial charge is 0.323 e. The van der Waals surface area contributed by atoms with Gasteiger partial charge in [-0.2, -0.15) is 0 Å². The molecule has 4 aromatic rings. The first-order chi connectivity index (χ1) is 15.0. The summed E-state index contributed by atoms with van der Waals surface area (Å²) in [6.45, 7) is 2.45. The van der Waals surface area contributed by atoms with Crippen molar-refractivity contribution in [2.24, 2.45) is 0 Å². The minimum atomic E-state index is -0.338. The van der Waals surface area contributed by atoms with Crippen molar-refractivity contribution in [1.82, 2.24) is 4.98 Å². The third kappa shape index (κ3) is 4.98. The summed E-state index contributed by atoms with van der Waals surface area (Å²) in [4.78, 5) is 17.2. The Morgan fingerprint density at radius 1 is 1.03 bits per heavy atom. The number of pyridine rings is 1. The fourth-order valence-electron chi connectivity index (χ4n) is 3.16. The molecule has 0 fully saturated rings. The van der Waals surface area contributed by atoms with Gasteiger partial charge in [0.25, 0.3) is 0 Å². The van der Waals surface area contributed by atoms with Gasteiger partial charge in [0.15, 0.2) is 0 Å². The van der Waals surface area contributed by atoms with Crippen molar-refractivity contribution in [3.8, 4) is 17.0 Å². The molecule has 0 radical (unpaired) electrons. The van der Waals surface area contributed by atoms with Crippen LogP contribution in [0, 0.1) is 0 Å². The molecule has 0 aliphatic carbocycles. The number of para-hydroxylation sites is 1. The molecule has 0 spiro atoms. The summed E-state index contributed by atoms with van der Waals surface area (Å²) >= 11 is 9.43. The van der Waals surface area contributed by atoms with Gasteiger partial charge in [0.2, 0.25) is 0 Å². The Kier molecular flexibility index (Phi) is 6.39. The molecule has 0 aliphatic rings. The number of urea groups is 1. The number of halogens is 2. The number of nitrogens with one attached hydrogen (secondary N) is 2. The number of benzene rings is 3. The van der Waals surface area contributed by atoms with Crippen LogP contribution in [0.5, 0.6) is 5.75 Å². The summed E-state index contributed by atoms with van der Waals surface area (Å²) in [5.74, 6) is 0.701. The summed E-state index contributed by atoms with van der Waals surface area (Å²) in [5.41, 5.74) is 3.83. The highest BCUT2D eigenvalue weighted by Gasteiger charge is 2.11. The van der Waals surface area contributed by atoms with Gasteiger partial charge in [-0.05, 0) is 65.3 Å². The highest BCUT2D eigenvalue weighted by Crippen LogP contribution is 2.32. The molecular formula is C24H19BrClN3O2. The molecule has 0 atom stereocenters. The predicted molar refractivity (Wildman–Crippen MR) is 130 cm³/mol. The van der Waals surface area contributed by atoms with Crippen molar-refractivity contribution < 1.29 is 9.53 Å². The number of anilines is 2. The summed E-state index contributed by atoms with van der Waals surface area (Å²) in [6.07, 6.45) is 0. The van der Waals surface area contributed by atoms with Crippen LogP contribution in [0.15, 0.2) is 77.3 Å². The molecule has 1 aromatic heterocycles. The van der Waals surface area contributed by atoms with E-state index >= 15 is 0 Å². The van der Waals surface area contributed by atoms with E-state index < -0.39 is 0 Å². The third-order valence-corrected chi connectivity index (χ3v) is 5.53. The van der Waals surface area contributed by atoms with Gasteiger partial charge in [0, 0.05) is 32.2 Å². The second kappa shape index (κ2) is 9.37. The molecule has 31 heavy (non-hydrogen) atoms. The maximum atomic E-state index is 12.4. The SMILES string of the molecule is CCOc1cc(-c2ccc(Cl)cc2)nc2ccc(NC(=O)Nc3ccccc3Br)cc12. The molecule has 7 heteroatoms. The third-order valence-electron chi connectivity index (χ3n) is 4.59. The largest absolute Gasteiger partial charge is 0.493 e. The molecule has 0 unspecified atom stereocenters. The van der Waals surface area contributed by atoms with Crippen LogP contribution in [0.2, 0.25) is 5.02 Å². The summed E-state index contributed by atoms with van der Waals surface area (Å²) in [6, 6.07) is 22.0. The van der Waals surface area contributed by atoms with E-state index in [1.165, 1.54) is 0 Å². The number of ether oxygens (including phenoxy) is 1. The molecule has 1 heterocycles. The molecular weight excluding hydrogens is 478 g/mol. The number of nitrogens with zero attached hydrogens (tertiary/aromatic N) is 1. The van der Waals surface area contributed by atoms with Crippen molar-refractivity contribution in [2.75, 3.05) is 17.2 Å². The Morgan fingerprint density at radius 2 is 1.81 bits per heavy atom. The van der Waals surface area contributed by atoms with Crippen LogP contribution in [0.4, 0.5) is 16.2 Å². The number of aromatic nitrogens is 1. The highest BCUT2D eigenvalue weighted by molar-refractivity contribution is 9.10. The molecule has 5 nitrogen and oxygen atoms in total. The lowest BCUT2D eigenvalue weighted by Gasteiger charge is -2.13. The first-order valence-corrected chi connectivity index (χ1v) is 10.9. The van der Waals surface area contributed by atoms with Crippen LogP contribution in [-0.4, -0.2) is 17.6 Å². The molecule has 0 saturated carbocycles. The quantitative estimate of drug-likeness (QED) is 0.303. The molecule has 156 valence electrons. The zero-order valence-corrected chi connectivity index (χ0v) is 19.0. The Hall–Kier alpha value is -3.09. The standard InChI is InChI=1S/C24H19BrClN3O2/c1-2-31-23-14-22(15-7-9-16(26)10-8-15)28-20-12-11-17(13-18(20)23)27-24(30)29-21-6-4-3-5-19(21)25/h3-14H,2H2,1H3,(H2,27,29,30). The lowest BCUT2D eigenvalue weighted by atomic mass is 10.1. The number of fused-ring (bicyclic) bond motifs is 1. The van der Waals surface area contributed by atoms with Crippen molar-refractivity contribution in [1.29, 1.82) is 0 Å². The second-order valence-electron chi connectivity index (χ2n) is 6.74. The van der Waals surface area contributed by atoms with Crippen molar-refractivity contribution in [2.45, 2.75) is 6.92 Å². The van der Waals surface area contributed by atoms with Gasteiger partial charge in [0.05, 0.1) is 23.5 Å². The molecule has 2 N–H and O–H groups in total. The van der Waals surface area contributed by atoms with Crippen molar-refractivity contribution in [3.05, 3.63) is 82.3 Å². The lowest BCUT2D eigenvalue weighted by molar-refractivity contribution is 0.262. The molecule has 3 aromatic carbocycles. The zero-order chi connectivity index (χ0) is 21.8. The molecule has 4 rings (SSSR count). The van der Waals surface area contributed by atoms with E-state index in [-0.39, 0.29) is 6.03 Å². The van der Waals surface area contributed by atoms with E-state index in [1.54, 1.807) is 0 Å². The Labute approximate surface area is 193 Å². The van der Waals surface area contributed by atoms with Gasteiger partial charge < -0.3 is 15.4 Å². The van der Waals surface area contributed by atoms with Gasteiger partial charge in [-0.3, -0.25) is 0 Å². The zero-order valence-electron chi connectivity index (χ0n) is 16.7. The number of amides is 2. The summed E-state index contributed by atoms with van der Waals surface area (Å²) in [5, 5.41) is 7.18. The van der Waals surface area contributed by atoms with Gasteiger partial charge >= 0.3 is 6.03 Å². The van der Waals surface area contributed by atoms with Crippen LogP contribution in [0.25, 0.3) is 22.2 Å². The van der Waals surface area contributed by atoms with Crippen molar-refractivity contribution >= 4 is 55.8 Å². The molecule has 0 aliphatic heterocycles. The van der Waals surface area contributed by atoms with E-state index in [2.05, 4.69) is 26.6 Å². The van der Waals surface area contributed by atoms with Crippen LogP contribution < -0.4 is 15.4 Å². The minimum Gasteiger partial charge on any atom is -0.493 e. The van der Waals surface area contributed by atoms with Gasteiger partial charge in [-0.15, -0.1) is 0 Å². The van der Waals surface area contributed by atoms with Gasteiger partial charge in [-0.25, -0.2) is 9.78 Å². The van der Waals surface area contributed by atoms with Crippen LogP contribution in [0.1, 0.15) is 6.92 Å². The lowest BCUT2D eigenvalue weighted by Crippen LogP contribution is -2.19. The maximum Gasteiger partial charge on any atom is 0.323 e. The Morgan fingerprint density at radius 3 is 2.55 bits per heavy atom. The van der Waals surface area contributed by atoms with E-state index in [4.69, 9.17) is 21.3 Å². The number of carbonyl (C=O) groups excluding carboxylic acids is 1. The van der Waals surface area contributed by atoms with Crippen molar-refractivity contribution in [3.63, 3.8) is 0 Å². The summed E-state index contributed by atoms with van der Waals surface area (Å²) in [7, 11) is 0. The van der Waals surface area contributed by atoms with Gasteiger partial charge in [-0.1, -0.05) is 35.9 Å². The average Bonchev–Trinajstić information content (AvgIpc) is 2.76. The Bertz CT molecular complexity index is 1250. The molecule has 2 amide bonds. The molecule has 0 bridgehead atoms. The molecule has 0 saturated heterocycles. The number of hydrogen-bond acceptors (Lipinski definition) is 3. The first-order valence-electron chi connectivity index (χ1n) is 9.69. The van der Waals surface area contributed by atoms with E-state index in [1.807, 2.05) is 79.7 Å². The predicted octanol–water partition coefficient (Wildman–Crippen LogP) is 7.36. The second-order valence-corrected chi connectivity index (χ2v) is 8.03. The minimum absolute atomic E-state index is 0.338. The van der Waals surface area contributed by atoms with E-state index in [9.17, 15) is 4.79 Å². The fourth-order valence-corrected chi connectivity index (χ4v) is 3.67. The van der Waals surface area contributed by atoms with E-state index in [0.717, 1.165) is 26.6 Å². The number of carbonyl (C=O) groups is 1. The summed E-state index contributed by atoms with van der Waals surface area (Å²) < 4.78 is 6.68. The van der Waals surface area contributed by atoms with Crippen LogP contribution in [-0.2, 0) is 0 Å². The number of hydrogen-bond donors (Lipinski definition) is 2. The van der Waals surface area contributed by atoms with Crippen LogP contribution in [0.3, 0.4) is 0 Å².